The van der Waals surface area contributed by atoms with Crippen LogP contribution in [-0.2, 0) is 5.75 Å². The summed E-state index contributed by atoms with van der Waals surface area (Å²) in [6.07, 6.45) is 1.14. The van der Waals surface area contributed by atoms with Gasteiger partial charge in [-0.05, 0) is 61.2 Å². The monoisotopic (exact) mass is 424 g/mol. The van der Waals surface area contributed by atoms with Gasteiger partial charge in [-0.25, -0.2) is 0 Å². The lowest BCUT2D eigenvalue weighted by Crippen LogP contribution is -2.17. The molecule has 0 saturated heterocycles. The zero-order valence-corrected chi connectivity index (χ0v) is 18.9. The fraction of sp³-hybridized carbons (Fsp3) is 0.280. The van der Waals surface area contributed by atoms with E-state index in [1.54, 1.807) is 11.8 Å². The largest absolute Gasteiger partial charge is 0.383 e. The van der Waals surface area contributed by atoms with Crippen LogP contribution < -0.4 is 10.6 Å². The van der Waals surface area contributed by atoms with Crippen LogP contribution >= 0.6 is 23.4 Å². The number of anilines is 3. The van der Waals surface area contributed by atoms with Gasteiger partial charge in [0.2, 0.25) is 0 Å². The predicted molar refractivity (Wildman–Crippen MR) is 130 cm³/mol. The molecule has 0 spiro atoms. The average Bonchev–Trinajstić information content (AvgIpc) is 2.69. The first kappa shape index (κ1) is 21.6. The maximum absolute atomic E-state index is 6.37. The number of para-hydroxylation sites is 1. The van der Waals surface area contributed by atoms with E-state index in [2.05, 4.69) is 67.8 Å². The molecule has 0 aliphatic rings. The first-order valence-corrected chi connectivity index (χ1v) is 11.5. The minimum absolute atomic E-state index is 0.435. The van der Waals surface area contributed by atoms with E-state index in [9.17, 15) is 0 Å². The first-order chi connectivity index (χ1) is 14.0. The molecule has 0 radical (unpaired) electrons. The molecule has 0 heterocycles. The summed E-state index contributed by atoms with van der Waals surface area (Å²) in [5.41, 5.74) is 4.49. The second-order valence-electron chi connectivity index (χ2n) is 7.76. The zero-order chi connectivity index (χ0) is 20.6. The molecular weight excluding hydrogens is 396 g/mol. The predicted octanol–water partition coefficient (Wildman–Crippen LogP) is 8.22. The standard InChI is InChI=1S/C25H29ClN2S/c1-18(2)15-19(3)27-22-13-14-24(28-21-10-5-4-6-11-21)25(16-22)29-17-20-9-7-8-12-23(20)26/h4-14,16,18-19,27-28H,15,17H2,1-3H3. The van der Waals surface area contributed by atoms with Gasteiger partial charge in [-0.3, -0.25) is 0 Å². The van der Waals surface area contributed by atoms with Gasteiger partial charge in [-0.1, -0.05) is 61.8 Å². The van der Waals surface area contributed by atoms with Gasteiger partial charge in [-0.2, -0.15) is 0 Å². The Balaban J connectivity index is 1.81. The van der Waals surface area contributed by atoms with Crippen molar-refractivity contribution in [2.75, 3.05) is 10.6 Å². The minimum atomic E-state index is 0.435. The van der Waals surface area contributed by atoms with Crippen LogP contribution in [0, 0.1) is 5.92 Å². The van der Waals surface area contributed by atoms with Gasteiger partial charge in [0.15, 0.2) is 0 Å². The summed E-state index contributed by atoms with van der Waals surface area (Å²) < 4.78 is 0. The van der Waals surface area contributed by atoms with Gasteiger partial charge in [-0.15, -0.1) is 11.8 Å². The molecule has 2 nitrogen and oxygen atoms in total. The molecule has 29 heavy (non-hydrogen) atoms. The third-order valence-corrected chi connectivity index (χ3v) is 6.09. The lowest BCUT2D eigenvalue weighted by molar-refractivity contribution is 0.540. The van der Waals surface area contributed by atoms with Crippen LogP contribution in [0.1, 0.15) is 32.8 Å². The van der Waals surface area contributed by atoms with Crippen molar-refractivity contribution >= 4 is 40.4 Å². The molecule has 0 fully saturated rings. The second kappa shape index (κ2) is 10.6. The highest BCUT2D eigenvalue weighted by Gasteiger charge is 2.10. The number of hydrogen-bond donors (Lipinski definition) is 2. The quantitative estimate of drug-likeness (QED) is 0.338. The molecule has 0 aliphatic heterocycles. The number of thioether (sulfide) groups is 1. The number of hydrogen-bond acceptors (Lipinski definition) is 3. The van der Waals surface area contributed by atoms with Crippen molar-refractivity contribution in [3.63, 3.8) is 0 Å². The Labute approximate surface area is 184 Å². The summed E-state index contributed by atoms with van der Waals surface area (Å²) >= 11 is 8.17. The number of nitrogens with one attached hydrogen (secondary N) is 2. The van der Waals surface area contributed by atoms with E-state index in [1.165, 1.54) is 4.90 Å². The van der Waals surface area contributed by atoms with Crippen LogP contribution in [-0.4, -0.2) is 6.04 Å². The summed E-state index contributed by atoms with van der Waals surface area (Å²) in [7, 11) is 0. The Morgan fingerprint density at radius 3 is 2.31 bits per heavy atom. The van der Waals surface area contributed by atoms with E-state index in [-0.39, 0.29) is 0 Å². The van der Waals surface area contributed by atoms with Crippen molar-refractivity contribution in [1.82, 2.24) is 0 Å². The number of halogens is 1. The fourth-order valence-corrected chi connectivity index (χ4v) is 4.66. The molecule has 0 bridgehead atoms. The molecule has 1 unspecified atom stereocenters. The van der Waals surface area contributed by atoms with E-state index < -0.39 is 0 Å². The van der Waals surface area contributed by atoms with Crippen LogP contribution in [0.25, 0.3) is 0 Å². The van der Waals surface area contributed by atoms with Crippen molar-refractivity contribution in [2.45, 2.75) is 43.9 Å². The molecule has 0 aliphatic carbocycles. The van der Waals surface area contributed by atoms with E-state index in [0.717, 1.165) is 39.8 Å². The van der Waals surface area contributed by atoms with Gasteiger partial charge >= 0.3 is 0 Å². The minimum Gasteiger partial charge on any atom is -0.383 e. The molecule has 2 N–H and O–H groups in total. The average molecular weight is 425 g/mol. The van der Waals surface area contributed by atoms with Crippen molar-refractivity contribution in [3.8, 4) is 0 Å². The van der Waals surface area contributed by atoms with Gasteiger partial charge in [0.25, 0.3) is 0 Å². The van der Waals surface area contributed by atoms with Crippen molar-refractivity contribution in [1.29, 1.82) is 0 Å². The van der Waals surface area contributed by atoms with Gasteiger partial charge in [0, 0.05) is 33.1 Å². The Morgan fingerprint density at radius 2 is 1.59 bits per heavy atom. The Bertz CT molecular complexity index is 912. The zero-order valence-electron chi connectivity index (χ0n) is 17.3. The molecule has 0 saturated carbocycles. The molecule has 152 valence electrons. The maximum Gasteiger partial charge on any atom is 0.0524 e. The van der Waals surface area contributed by atoms with Crippen molar-refractivity contribution < 1.29 is 0 Å². The van der Waals surface area contributed by atoms with Crippen molar-refractivity contribution in [2.24, 2.45) is 5.92 Å². The molecule has 4 heteroatoms. The first-order valence-electron chi connectivity index (χ1n) is 10.1. The van der Waals surface area contributed by atoms with E-state index in [4.69, 9.17) is 11.6 Å². The van der Waals surface area contributed by atoms with Gasteiger partial charge < -0.3 is 10.6 Å². The fourth-order valence-electron chi connectivity index (χ4n) is 3.33. The number of rotatable bonds is 9. The molecule has 0 amide bonds. The number of benzene rings is 3. The van der Waals surface area contributed by atoms with Gasteiger partial charge in [0.1, 0.15) is 0 Å². The summed E-state index contributed by atoms with van der Waals surface area (Å²) in [6, 6.07) is 25.3. The third kappa shape index (κ3) is 6.73. The highest BCUT2D eigenvalue weighted by Crippen LogP contribution is 2.35. The normalized spacial score (nSPS) is 12.0. The molecule has 3 aromatic rings. The lowest BCUT2D eigenvalue weighted by atomic mass is 10.1. The SMILES string of the molecule is CC(C)CC(C)Nc1ccc(Nc2ccccc2)c(SCc2ccccc2Cl)c1. The molecule has 0 aromatic heterocycles. The summed E-state index contributed by atoms with van der Waals surface area (Å²) in [5.74, 6) is 1.50. The Hall–Kier alpha value is -2.10. The molecular formula is C25H29ClN2S. The third-order valence-electron chi connectivity index (χ3n) is 4.61. The summed E-state index contributed by atoms with van der Waals surface area (Å²) in [6.45, 7) is 6.76. The molecule has 3 aromatic carbocycles. The lowest BCUT2D eigenvalue weighted by Gasteiger charge is -2.19. The molecule has 1 atom stereocenters. The van der Waals surface area contributed by atoms with E-state index >= 15 is 0 Å². The van der Waals surface area contributed by atoms with Crippen LogP contribution in [0.4, 0.5) is 17.1 Å². The van der Waals surface area contributed by atoms with Gasteiger partial charge in [0.05, 0.1) is 5.69 Å². The van der Waals surface area contributed by atoms with E-state index in [0.29, 0.717) is 12.0 Å². The van der Waals surface area contributed by atoms with Crippen LogP contribution in [0.5, 0.6) is 0 Å². The highest BCUT2D eigenvalue weighted by molar-refractivity contribution is 7.98. The topological polar surface area (TPSA) is 24.1 Å². The van der Waals surface area contributed by atoms with Crippen LogP contribution in [0.3, 0.4) is 0 Å². The van der Waals surface area contributed by atoms with Crippen LogP contribution in [0.2, 0.25) is 5.02 Å². The maximum atomic E-state index is 6.37. The molecule has 3 rings (SSSR count). The summed E-state index contributed by atoms with van der Waals surface area (Å²) in [4.78, 5) is 1.20. The summed E-state index contributed by atoms with van der Waals surface area (Å²) in [5, 5.41) is 8.02. The highest BCUT2D eigenvalue weighted by atomic mass is 35.5. The van der Waals surface area contributed by atoms with Crippen molar-refractivity contribution in [3.05, 3.63) is 83.4 Å². The van der Waals surface area contributed by atoms with Crippen LogP contribution in [0.15, 0.2) is 77.7 Å². The van der Waals surface area contributed by atoms with E-state index in [1.807, 2.05) is 36.4 Å². The smallest absolute Gasteiger partial charge is 0.0524 e. The second-order valence-corrected chi connectivity index (χ2v) is 9.18. The Morgan fingerprint density at radius 1 is 0.862 bits per heavy atom. The Kier molecular flexibility index (Phi) is 7.91.